The number of carbonyl (C=O) groups is 1. The second-order valence-corrected chi connectivity index (χ2v) is 7.13. The number of hydrogen-bond donors (Lipinski definition) is 1. The van der Waals surface area contributed by atoms with Gasteiger partial charge in [-0.05, 0) is 38.1 Å². The van der Waals surface area contributed by atoms with Crippen LogP contribution in [-0.2, 0) is 16.0 Å². The van der Waals surface area contributed by atoms with Crippen molar-refractivity contribution in [3.8, 4) is 5.69 Å². The van der Waals surface area contributed by atoms with Gasteiger partial charge in [-0.3, -0.25) is 4.79 Å². The lowest BCUT2D eigenvalue weighted by Gasteiger charge is -2.27. The van der Waals surface area contributed by atoms with E-state index in [1.807, 2.05) is 61.0 Å². The van der Waals surface area contributed by atoms with E-state index in [1.165, 1.54) is 0 Å². The van der Waals surface area contributed by atoms with Crippen LogP contribution in [0.3, 0.4) is 0 Å². The molecule has 0 spiro atoms. The molecule has 0 unspecified atom stereocenters. The van der Waals surface area contributed by atoms with E-state index in [0.717, 1.165) is 54.8 Å². The Morgan fingerprint density at radius 2 is 1.86 bits per heavy atom. The van der Waals surface area contributed by atoms with Gasteiger partial charge in [0.05, 0.1) is 42.9 Å². The Morgan fingerprint density at radius 1 is 1.10 bits per heavy atom. The Kier molecular flexibility index (Phi) is 5.57. The molecule has 29 heavy (non-hydrogen) atoms. The average Bonchev–Trinajstić information content (AvgIpc) is 3.04. The van der Waals surface area contributed by atoms with E-state index in [-0.39, 0.29) is 12.3 Å². The van der Waals surface area contributed by atoms with Crippen molar-refractivity contribution in [3.05, 3.63) is 65.6 Å². The van der Waals surface area contributed by atoms with Gasteiger partial charge in [-0.2, -0.15) is 5.10 Å². The summed E-state index contributed by atoms with van der Waals surface area (Å²) in [6.07, 6.45) is 1.98. The molecular formula is C22H25N5O2. The molecule has 1 saturated heterocycles. The van der Waals surface area contributed by atoms with Crippen molar-refractivity contribution in [1.82, 2.24) is 14.8 Å². The first-order valence-electron chi connectivity index (χ1n) is 9.81. The van der Waals surface area contributed by atoms with Gasteiger partial charge in [0.15, 0.2) is 0 Å². The molecule has 7 nitrogen and oxygen atoms in total. The number of ether oxygens (including phenoxy) is 1. The normalized spacial score (nSPS) is 14.1. The van der Waals surface area contributed by atoms with Crippen molar-refractivity contribution >= 4 is 17.4 Å². The van der Waals surface area contributed by atoms with Crippen molar-refractivity contribution in [3.63, 3.8) is 0 Å². The first-order valence-corrected chi connectivity index (χ1v) is 9.81. The van der Waals surface area contributed by atoms with Crippen LogP contribution in [0.2, 0.25) is 0 Å². The van der Waals surface area contributed by atoms with Gasteiger partial charge in [0.1, 0.15) is 5.82 Å². The van der Waals surface area contributed by atoms with Crippen LogP contribution in [-0.4, -0.2) is 47.0 Å². The van der Waals surface area contributed by atoms with Gasteiger partial charge in [0.2, 0.25) is 5.91 Å². The zero-order chi connectivity index (χ0) is 20.2. The smallest absolute Gasteiger partial charge is 0.228 e. The van der Waals surface area contributed by atoms with Gasteiger partial charge in [-0.25, -0.2) is 9.67 Å². The molecule has 3 heterocycles. The van der Waals surface area contributed by atoms with Crippen LogP contribution in [0.4, 0.5) is 11.5 Å². The van der Waals surface area contributed by atoms with Gasteiger partial charge >= 0.3 is 0 Å². The molecule has 3 aromatic rings. The van der Waals surface area contributed by atoms with E-state index in [4.69, 9.17) is 4.74 Å². The summed E-state index contributed by atoms with van der Waals surface area (Å²) in [4.78, 5) is 19.3. The number of anilines is 2. The molecule has 1 aliphatic rings. The molecule has 150 valence electrons. The molecule has 1 aliphatic heterocycles. The molecule has 2 aromatic heterocycles. The van der Waals surface area contributed by atoms with Crippen LogP contribution in [0, 0.1) is 13.8 Å². The van der Waals surface area contributed by atoms with Gasteiger partial charge in [-0.15, -0.1) is 0 Å². The van der Waals surface area contributed by atoms with Gasteiger partial charge in [0.25, 0.3) is 0 Å². The Labute approximate surface area is 170 Å². The standard InChI is InChI=1S/C22H25N5O2/c1-16-20(17(2)27(25-16)19-6-4-3-5-7-19)14-22(28)24-18-8-9-21(23-15-18)26-10-12-29-13-11-26/h3-9,15H,10-14H2,1-2H3,(H,24,28). The minimum atomic E-state index is -0.0789. The molecular weight excluding hydrogens is 366 g/mol. The van der Waals surface area contributed by atoms with E-state index in [0.29, 0.717) is 5.69 Å². The number of aryl methyl sites for hydroxylation is 1. The van der Waals surface area contributed by atoms with E-state index >= 15 is 0 Å². The number of para-hydroxylation sites is 1. The average molecular weight is 391 g/mol. The molecule has 1 amide bonds. The van der Waals surface area contributed by atoms with Crippen LogP contribution < -0.4 is 10.2 Å². The second-order valence-electron chi connectivity index (χ2n) is 7.13. The summed E-state index contributed by atoms with van der Waals surface area (Å²) < 4.78 is 7.26. The molecule has 0 saturated carbocycles. The number of aromatic nitrogens is 3. The molecule has 1 fully saturated rings. The van der Waals surface area contributed by atoms with Crippen LogP contribution in [0.5, 0.6) is 0 Å². The van der Waals surface area contributed by atoms with E-state index < -0.39 is 0 Å². The maximum absolute atomic E-state index is 12.6. The van der Waals surface area contributed by atoms with Crippen molar-refractivity contribution in [2.75, 3.05) is 36.5 Å². The number of amides is 1. The number of hydrogen-bond acceptors (Lipinski definition) is 5. The molecule has 1 N–H and O–H groups in total. The number of rotatable bonds is 5. The monoisotopic (exact) mass is 391 g/mol. The maximum atomic E-state index is 12.6. The number of pyridine rings is 1. The molecule has 0 bridgehead atoms. The first kappa shape index (κ1) is 19.1. The summed E-state index contributed by atoms with van der Waals surface area (Å²) >= 11 is 0. The third-order valence-electron chi connectivity index (χ3n) is 5.15. The summed E-state index contributed by atoms with van der Waals surface area (Å²) in [5.41, 5.74) is 4.47. The molecule has 7 heteroatoms. The summed E-state index contributed by atoms with van der Waals surface area (Å²) in [5, 5.41) is 7.55. The molecule has 0 aliphatic carbocycles. The fourth-order valence-electron chi connectivity index (χ4n) is 3.56. The van der Waals surface area contributed by atoms with Gasteiger partial charge in [-0.1, -0.05) is 18.2 Å². The number of nitrogens with zero attached hydrogens (tertiary/aromatic N) is 4. The predicted molar refractivity (Wildman–Crippen MR) is 113 cm³/mol. The highest BCUT2D eigenvalue weighted by Crippen LogP contribution is 2.20. The lowest BCUT2D eigenvalue weighted by atomic mass is 10.1. The number of benzene rings is 1. The number of nitrogens with one attached hydrogen (secondary N) is 1. The quantitative estimate of drug-likeness (QED) is 0.724. The van der Waals surface area contributed by atoms with Crippen LogP contribution in [0.15, 0.2) is 48.7 Å². The molecule has 1 aromatic carbocycles. The van der Waals surface area contributed by atoms with Crippen LogP contribution in [0.1, 0.15) is 17.0 Å². The van der Waals surface area contributed by atoms with Gasteiger partial charge < -0.3 is 15.0 Å². The Bertz CT molecular complexity index is 976. The Balaban J connectivity index is 1.43. The SMILES string of the molecule is Cc1nn(-c2ccccc2)c(C)c1CC(=O)Nc1ccc(N2CCOCC2)nc1. The third kappa shape index (κ3) is 4.30. The van der Waals surface area contributed by atoms with Crippen LogP contribution in [0.25, 0.3) is 5.69 Å². The summed E-state index contributed by atoms with van der Waals surface area (Å²) in [6.45, 7) is 7.04. The minimum absolute atomic E-state index is 0.0789. The summed E-state index contributed by atoms with van der Waals surface area (Å²) in [7, 11) is 0. The third-order valence-corrected chi connectivity index (χ3v) is 5.15. The topological polar surface area (TPSA) is 72.3 Å². The lowest BCUT2D eigenvalue weighted by Crippen LogP contribution is -2.36. The van der Waals surface area contributed by atoms with Crippen molar-refractivity contribution in [2.45, 2.75) is 20.3 Å². The van der Waals surface area contributed by atoms with Gasteiger partial charge in [0, 0.05) is 24.3 Å². The zero-order valence-corrected chi connectivity index (χ0v) is 16.8. The van der Waals surface area contributed by atoms with E-state index in [1.54, 1.807) is 6.20 Å². The van der Waals surface area contributed by atoms with E-state index in [9.17, 15) is 4.79 Å². The molecule has 0 atom stereocenters. The van der Waals surface area contributed by atoms with Crippen LogP contribution >= 0.6 is 0 Å². The highest BCUT2D eigenvalue weighted by molar-refractivity contribution is 5.92. The highest BCUT2D eigenvalue weighted by atomic mass is 16.5. The van der Waals surface area contributed by atoms with Crippen molar-refractivity contribution in [2.24, 2.45) is 0 Å². The Morgan fingerprint density at radius 3 is 2.55 bits per heavy atom. The largest absolute Gasteiger partial charge is 0.378 e. The molecule has 0 radical (unpaired) electrons. The first-order chi connectivity index (χ1) is 14.1. The highest BCUT2D eigenvalue weighted by Gasteiger charge is 2.17. The number of morpholine rings is 1. The fraction of sp³-hybridized carbons (Fsp3) is 0.318. The predicted octanol–water partition coefficient (Wildman–Crippen LogP) is 2.90. The van der Waals surface area contributed by atoms with E-state index in [2.05, 4.69) is 20.3 Å². The Hall–Kier alpha value is -3.19. The summed E-state index contributed by atoms with van der Waals surface area (Å²) in [5.74, 6) is 0.826. The molecule has 4 rings (SSSR count). The zero-order valence-electron chi connectivity index (χ0n) is 16.8. The van der Waals surface area contributed by atoms with Crippen molar-refractivity contribution in [1.29, 1.82) is 0 Å². The fourth-order valence-corrected chi connectivity index (χ4v) is 3.56. The second kappa shape index (κ2) is 8.45. The number of carbonyl (C=O) groups excluding carboxylic acids is 1. The maximum Gasteiger partial charge on any atom is 0.228 e. The summed E-state index contributed by atoms with van der Waals surface area (Å²) in [6, 6.07) is 13.8. The lowest BCUT2D eigenvalue weighted by molar-refractivity contribution is -0.115. The minimum Gasteiger partial charge on any atom is -0.378 e. The van der Waals surface area contributed by atoms with Crippen molar-refractivity contribution < 1.29 is 9.53 Å².